The molecule has 4 N–H and O–H groups in total. The molecule has 8 heteroatoms. The molecule has 7 nitrogen and oxygen atoms in total. The molecule has 0 saturated carbocycles. The molecule has 1 saturated heterocycles. The van der Waals surface area contributed by atoms with Crippen molar-refractivity contribution in [1.29, 1.82) is 0 Å². The van der Waals surface area contributed by atoms with Crippen LogP contribution in [0.4, 0.5) is 0 Å². The van der Waals surface area contributed by atoms with Crippen LogP contribution in [0.5, 0.6) is 0 Å². The van der Waals surface area contributed by atoms with Gasteiger partial charge in [0.05, 0.1) is 5.75 Å². The molecule has 3 amide bonds. The van der Waals surface area contributed by atoms with E-state index in [1.807, 2.05) is 30.3 Å². The first-order chi connectivity index (χ1) is 12.1. The Morgan fingerprint density at radius 3 is 2.72 bits per heavy atom. The molecule has 1 fully saturated rings. The van der Waals surface area contributed by atoms with Gasteiger partial charge in [-0.3, -0.25) is 19.7 Å². The fraction of sp³-hybridized carbons (Fsp3) is 0.471. The second kappa shape index (κ2) is 10.0. The Hall–Kier alpha value is -2.06. The number of carbonyl (C=O) groups is 3. The van der Waals surface area contributed by atoms with Crippen molar-refractivity contribution in [2.75, 3.05) is 19.3 Å². The van der Waals surface area contributed by atoms with E-state index in [4.69, 9.17) is 0 Å². The van der Waals surface area contributed by atoms with E-state index in [2.05, 4.69) is 21.3 Å². The summed E-state index contributed by atoms with van der Waals surface area (Å²) in [6.07, 6.45) is 1.26. The molecule has 2 rings (SSSR count). The Labute approximate surface area is 151 Å². The minimum Gasteiger partial charge on any atom is -0.358 e. The highest BCUT2D eigenvalue weighted by Crippen LogP contribution is 2.13. The number of carbonyl (C=O) groups excluding carboxylic acids is 3. The first-order valence-electron chi connectivity index (χ1n) is 8.25. The van der Waals surface area contributed by atoms with E-state index in [1.54, 1.807) is 7.05 Å². The normalized spacial score (nSPS) is 19.8. The summed E-state index contributed by atoms with van der Waals surface area (Å²) in [6, 6.07) is 9.71. The Balaban J connectivity index is 1.71. The quantitative estimate of drug-likeness (QED) is 0.519. The zero-order valence-electron chi connectivity index (χ0n) is 14.2. The minimum atomic E-state index is -0.360. The van der Waals surface area contributed by atoms with Crippen molar-refractivity contribution in [3.63, 3.8) is 0 Å². The van der Waals surface area contributed by atoms with Crippen molar-refractivity contribution in [1.82, 2.24) is 21.3 Å². The number of nitrogens with one attached hydrogen (secondary N) is 4. The van der Waals surface area contributed by atoms with Crippen LogP contribution < -0.4 is 21.3 Å². The van der Waals surface area contributed by atoms with E-state index < -0.39 is 0 Å². The molecule has 0 radical (unpaired) electrons. The van der Waals surface area contributed by atoms with Crippen LogP contribution in [-0.4, -0.2) is 48.6 Å². The van der Waals surface area contributed by atoms with E-state index in [9.17, 15) is 14.4 Å². The van der Waals surface area contributed by atoms with Gasteiger partial charge in [-0.2, -0.15) is 0 Å². The molecule has 136 valence electrons. The van der Waals surface area contributed by atoms with E-state index in [0.29, 0.717) is 6.54 Å². The third kappa shape index (κ3) is 7.15. The standard InChI is InChI=1S/C17H24N4O3S/c1-18-16(24)11-25-17-20-13(10-15(23)21-17)9-14(22)19-8-7-12-5-3-2-4-6-12/h2-6,13,17,20H,7-11H2,1H3,(H,18,24)(H,19,22)(H,21,23). The van der Waals surface area contributed by atoms with Gasteiger partial charge >= 0.3 is 0 Å². The molecule has 1 aliphatic heterocycles. The highest BCUT2D eigenvalue weighted by Gasteiger charge is 2.27. The Kier molecular flexibility index (Phi) is 7.75. The summed E-state index contributed by atoms with van der Waals surface area (Å²) in [4.78, 5) is 35.1. The number of amides is 3. The monoisotopic (exact) mass is 364 g/mol. The van der Waals surface area contributed by atoms with Crippen molar-refractivity contribution in [3.8, 4) is 0 Å². The predicted octanol–water partition coefficient (Wildman–Crippen LogP) is -0.0237. The second-order valence-electron chi connectivity index (χ2n) is 5.79. The fourth-order valence-corrected chi connectivity index (χ4v) is 3.45. The van der Waals surface area contributed by atoms with Gasteiger partial charge in [0.2, 0.25) is 17.7 Å². The number of hydrogen-bond acceptors (Lipinski definition) is 5. The molecule has 2 unspecified atom stereocenters. The number of rotatable bonds is 8. The molecule has 0 bridgehead atoms. The van der Waals surface area contributed by atoms with Crippen molar-refractivity contribution in [3.05, 3.63) is 35.9 Å². The minimum absolute atomic E-state index is 0.0850. The van der Waals surface area contributed by atoms with E-state index in [-0.39, 0.29) is 47.9 Å². The van der Waals surface area contributed by atoms with Gasteiger partial charge in [0, 0.05) is 32.5 Å². The van der Waals surface area contributed by atoms with Crippen LogP contribution in [0.2, 0.25) is 0 Å². The molecular weight excluding hydrogens is 340 g/mol. The zero-order valence-corrected chi connectivity index (χ0v) is 15.0. The first kappa shape index (κ1) is 19.3. The SMILES string of the molecule is CNC(=O)CSC1NC(=O)CC(CC(=O)NCCc2ccccc2)N1. The van der Waals surface area contributed by atoms with Gasteiger partial charge in [-0.15, -0.1) is 11.8 Å². The average molecular weight is 364 g/mol. The summed E-state index contributed by atoms with van der Waals surface area (Å²) in [5.74, 6) is -0.0694. The summed E-state index contributed by atoms with van der Waals surface area (Å²) in [5.41, 5.74) is 0.810. The summed E-state index contributed by atoms with van der Waals surface area (Å²) in [6.45, 7) is 0.566. The van der Waals surface area contributed by atoms with Crippen LogP contribution in [-0.2, 0) is 20.8 Å². The lowest BCUT2D eigenvalue weighted by Gasteiger charge is -2.30. The zero-order chi connectivity index (χ0) is 18.1. The predicted molar refractivity (Wildman–Crippen MR) is 97.8 cm³/mol. The maximum Gasteiger partial charge on any atom is 0.229 e. The average Bonchev–Trinajstić information content (AvgIpc) is 2.60. The molecular formula is C17H24N4O3S. The van der Waals surface area contributed by atoms with Crippen LogP contribution in [0.3, 0.4) is 0 Å². The van der Waals surface area contributed by atoms with E-state index >= 15 is 0 Å². The highest BCUT2D eigenvalue weighted by atomic mass is 32.2. The molecule has 25 heavy (non-hydrogen) atoms. The van der Waals surface area contributed by atoms with Gasteiger partial charge in [0.1, 0.15) is 5.50 Å². The van der Waals surface area contributed by atoms with Gasteiger partial charge in [-0.25, -0.2) is 0 Å². The summed E-state index contributed by atoms with van der Waals surface area (Å²) >= 11 is 1.29. The van der Waals surface area contributed by atoms with Crippen molar-refractivity contribution in [2.24, 2.45) is 0 Å². The van der Waals surface area contributed by atoms with Crippen molar-refractivity contribution >= 4 is 29.5 Å². The largest absolute Gasteiger partial charge is 0.358 e. The molecule has 0 spiro atoms. The fourth-order valence-electron chi connectivity index (χ4n) is 2.48. The molecule has 1 aromatic carbocycles. The molecule has 2 atom stereocenters. The van der Waals surface area contributed by atoms with Crippen LogP contribution in [0, 0.1) is 0 Å². The Morgan fingerprint density at radius 1 is 1.24 bits per heavy atom. The van der Waals surface area contributed by atoms with Crippen LogP contribution >= 0.6 is 11.8 Å². The summed E-state index contributed by atoms with van der Waals surface area (Å²) in [5, 5.41) is 11.4. The number of benzene rings is 1. The topological polar surface area (TPSA) is 99.3 Å². The summed E-state index contributed by atoms with van der Waals surface area (Å²) < 4.78 is 0. The highest BCUT2D eigenvalue weighted by molar-refractivity contribution is 8.00. The number of thioether (sulfide) groups is 1. The third-order valence-corrected chi connectivity index (χ3v) is 4.80. The number of hydrogen-bond donors (Lipinski definition) is 4. The van der Waals surface area contributed by atoms with E-state index in [1.165, 1.54) is 17.3 Å². The lowest BCUT2D eigenvalue weighted by Crippen LogP contribution is -2.56. The molecule has 1 heterocycles. The van der Waals surface area contributed by atoms with Crippen LogP contribution in [0.25, 0.3) is 0 Å². The van der Waals surface area contributed by atoms with Crippen molar-refractivity contribution < 1.29 is 14.4 Å². The maximum absolute atomic E-state index is 12.1. The molecule has 0 aromatic heterocycles. The smallest absolute Gasteiger partial charge is 0.229 e. The van der Waals surface area contributed by atoms with Gasteiger partial charge in [-0.05, 0) is 12.0 Å². The van der Waals surface area contributed by atoms with E-state index in [0.717, 1.165) is 6.42 Å². The first-order valence-corrected chi connectivity index (χ1v) is 9.30. The lowest BCUT2D eigenvalue weighted by molar-refractivity contribution is -0.125. The van der Waals surface area contributed by atoms with Crippen LogP contribution in [0.1, 0.15) is 18.4 Å². The maximum atomic E-state index is 12.1. The lowest BCUT2D eigenvalue weighted by atomic mass is 10.1. The summed E-state index contributed by atoms with van der Waals surface area (Å²) in [7, 11) is 1.57. The van der Waals surface area contributed by atoms with Gasteiger partial charge in [0.25, 0.3) is 0 Å². The molecule has 1 aliphatic rings. The Morgan fingerprint density at radius 2 is 2.00 bits per heavy atom. The third-order valence-electron chi connectivity index (χ3n) is 3.78. The van der Waals surface area contributed by atoms with Gasteiger partial charge in [0.15, 0.2) is 0 Å². The second-order valence-corrected chi connectivity index (χ2v) is 6.88. The van der Waals surface area contributed by atoms with Gasteiger partial charge < -0.3 is 16.0 Å². The molecule has 0 aliphatic carbocycles. The van der Waals surface area contributed by atoms with Crippen LogP contribution in [0.15, 0.2) is 30.3 Å². The van der Waals surface area contributed by atoms with Crippen molar-refractivity contribution in [2.45, 2.75) is 30.8 Å². The van der Waals surface area contributed by atoms with Gasteiger partial charge in [-0.1, -0.05) is 30.3 Å². The molecule has 1 aromatic rings. The Bertz CT molecular complexity index is 597.